The normalized spacial score (nSPS) is 15.5. The van der Waals surface area contributed by atoms with E-state index in [-0.39, 0.29) is 35.7 Å². The van der Waals surface area contributed by atoms with Gasteiger partial charge in [0.15, 0.2) is 0 Å². The van der Waals surface area contributed by atoms with E-state index in [2.05, 4.69) is 10.0 Å². The van der Waals surface area contributed by atoms with Crippen molar-refractivity contribution in [1.82, 2.24) is 4.72 Å². The zero-order valence-corrected chi connectivity index (χ0v) is 19.0. The first-order valence-corrected chi connectivity index (χ1v) is 11.5. The van der Waals surface area contributed by atoms with Gasteiger partial charge in [-0.3, -0.25) is 9.59 Å². The van der Waals surface area contributed by atoms with Crippen molar-refractivity contribution >= 4 is 44.8 Å². The number of nitrogens with zero attached hydrogens (tertiary/aromatic N) is 1. The van der Waals surface area contributed by atoms with Gasteiger partial charge in [0.05, 0.1) is 17.0 Å². The van der Waals surface area contributed by atoms with Crippen molar-refractivity contribution in [3.8, 4) is 5.75 Å². The SMILES string of the molecule is COc1ccc(NC(=O)CCNS(=O)(=O)c2ccc3c(c2)C[C@H](C)N3C(C)=O)cc1Cl. The maximum atomic E-state index is 12.6. The molecule has 0 unspecified atom stereocenters. The number of anilines is 2. The summed E-state index contributed by atoms with van der Waals surface area (Å²) >= 11 is 6.03. The van der Waals surface area contributed by atoms with Crippen LogP contribution >= 0.6 is 11.6 Å². The molecular weight excluding hydrogens is 442 g/mol. The number of amides is 2. The van der Waals surface area contributed by atoms with Gasteiger partial charge in [-0.05, 0) is 55.3 Å². The Bertz CT molecular complexity index is 1120. The Labute approximate surface area is 186 Å². The predicted octanol–water partition coefficient (Wildman–Crippen LogP) is 2.95. The summed E-state index contributed by atoms with van der Waals surface area (Å²) in [5.74, 6) is 0.0514. The molecule has 0 fully saturated rings. The lowest BCUT2D eigenvalue weighted by atomic mass is 10.1. The third-order valence-electron chi connectivity index (χ3n) is 5.00. The lowest BCUT2D eigenvalue weighted by molar-refractivity contribution is -0.117. The van der Waals surface area contributed by atoms with Gasteiger partial charge in [0.1, 0.15) is 5.75 Å². The van der Waals surface area contributed by atoms with Crippen LogP contribution in [0, 0.1) is 0 Å². The molecule has 1 aliphatic rings. The van der Waals surface area contributed by atoms with Gasteiger partial charge in [-0.15, -0.1) is 0 Å². The summed E-state index contributed by atoms with van der Waals surface area (Å²) in [7, 11) is -2.30. The highest BCUT2D eigenvalue weighted by atomic mass is 35.5. The zero-order valence-electron chi connectivity index (χ0n) is 17.4. The van der Waals surface area contributed by atoms with E-state index < -0.39 is 10.0 Å². The summed E-state index contributed by atoms with van der Waals surface area (Å²) in [5.41, 5.74) is 2.03. The fraction of sp³-hybridized carbons (Fsp3) is 0.333. The fourth-order valence-corrected chi connectivity index (χ4v) is 4.94. The van der Waals surface area contributed by atoms with Crippen molar-refractivity contribution in [2.75, 3.05) is 23.9 Å². The van der Waals surface area contributed by atoms with Crippen LogP contribution in [0.5, 0.6) is 5.75 Å². The molecule has 1 heterocycles. The lowest BCUT2D eigenvalue weighted by Crippen LogP contribution is -2.33. The predicted molar refractivity (Wildman–Crippen MR) is 119 cm³/mol. The number of hydrogen-bond donors (Lipinski definition) is 2. The average molecular weight is 466 g/mol. The van der Waals surface area contributed by atoms with Crippen LogP contribution in [0.1, 0.15) is 25.8 Å². The molecule has 1 aliphatic heterocycles. The van der Waals surface area contributed by atoms with Gasteiger partial charge in [0, 0.05) is 37.3 Å². The summed E-state index contributed by atoms with van der Waals surface area (Å²) < 4.78 is 32.8. The van der Waals surface area contributed by atoms with Gasteiger partial charge in [0.25, 0.3) is 0 Å². The van der Waals surface area contributed by atoms with E-state index >= 15 is 0 Å². The van der Waals surface area contributed by atoms with E-state index in [0.29, 0.717) is 22.9 Å². The van der Waals surface area contributed by atoms with Crippen molar-refractivity contribution in [2.45, 2.75) is 37.6 Å². The Morgan fingerprint density at radius 2 is 1.97 bits per heavy atom. The van der Waals surface area contributed by atoms with Crippen LogP contribution in [-0.4, -0.2) is 39.9 Å². The smallest absolute Gasteiger partial charge is 0.240 e. The van der Waals surface area contributed by atoms with Crippen LogP contribution in [0.15, 0.2) is 41.3 Å². The van der Waals surface area contributed by atoms with Crippen LogP contribution in [0.4, 0.5) is 11.4 Å². The highest BCUT2D eigenvalue weighted by Crippen LogP contribution is 2.33. The Morgan fingerprint density at radius 1 is 1.23 bits per heavy atom. The Hall–Kier alpha value is -2.62. The third-order valence-corrected chi connectivity index (χ3v) is 6.75. The molecule has 166 valence electrons. The third kappa shape index (κ3) is 5.17. The first-order valence-electron chi connectivity index (χ1n) is 9.68. The molecule has 2 N–H and O–H groups in total. The second-order valence-corrected chi connectivity index (χ2v) is 9.45. The first-order chi connectivity index (χ1) is 14.6. The van der Waals surface area contributed by atoms with E-state index in [0.717, 1.165) is 11.3 Å². The maximum Gasteiger partial charge on any atom is 0.240 e. The molecule has 0 aliphatic carbocycles. The number of methoxy groups -OCH3 is 1. The van der Waals surface area contributed by atoms with Gasteiger partial charge in [-0.1, -0.05) is 11.6 Å². The van der Waals surface area contributed by atoms with E-state index in [4.69, 9.17) is 16.3 Å². The molecule has 2 amide bonds. The minimum atomic E-state index is -3.79. The molecule has 10 heteroatoms. The molecule has 1 atom stereocenters. The topological polar surface area (TPSA) is 105 Å². The van der Waals surface area contributed by atoms with Gasteiger partial charge in [-0.2, -0.15) is 0 Å². The van der Waals surface area contributed by atoms with Crippen LogP contribution < -0.4 is 19.7 Å². The van der Waals surface area contributed by atoms with Crippen molar-refractivity contribution in [1.29, 1.82) is 0 Å². The Kier molecular flexibility index (Phi) is 6.88. The molecule has 0 radical (unpaired) electrons. The summed E-state index contributed by atoms with van der Waals surface area (Å²) in [6.45, 7) is 3.34. The van der Waals surface area contributed by atoms with E-state index in [1.165, 1.54) is 20.1 Å². The van der Waals surface area contributed by atoms with Crippen molar-refractivity contribution in [2.24, 2.45) is 0 Å². The van der Waals surface area contributed by atoms with Crippen LogP contribution in [-0.2, 0) is 26.0 Å². The summed E-state index contributed by atoms with van der Waals surface area (Å²) in [5, 5.41) is 3.02. The molecule has 0 saturated heterocycles. The average Bonchev–Trinajstić information content (AvgIpc) is 3.03. The second-order valence-electron chi connectivity index (χ2n) is 7.28. The number of carbonyl (C=O) groups excluding carboxylic acids is 2. The molecule has 8 nitrogen and oxygen atoms in total. The summed E-state index contributed by atoms with van der Waals surface area (Å²) in [6.07, 6.45) is 0.536. The molecule has 31 heavy (non-hydrogen) atoms. The quantitative estimate of drug-likeness (QED) is 0.654. The van der Waals surface area contributed by atoms with Crippen molar-refractivity contribution < 1.29 is 22.7 Å². The van der Waals surface area contributed by atoms with Crippen molar-refractivity contribution in [3.63, 3.8) is 0 Å². The summed E-state index contributed by atoms with van der Waals surface area (Å²) in [6, 6.07) is 9.50. The zero-order chi connectivity index (χ0) is 22.8. The lowest BCUT2D eigenvalue weighted by Gasteiger charge is -2.20. The highest BCUT2D eigenvalue weighted by Gasteiger charge is 2.30. The van der Waals surface area contributed by atoms with E-state index in [1.54, 1.807) is 35.2 Å². The first kappa shape index (κ1) is 23.1. The van der Waals surface area contributed by atoms with E-state index in [9.17, 15) is 18.0 Å². The molecule has 0 bridgehead atoms. The molecule has 0 spiro atoms. The number of carbonyl (C=O) groups is 2. The number of halogens is 1. The van der Waals surface area contributed by atoms with Gasteiger partial charge in [0.2, 0.25) is 21.8 Å². The summed E-state index contributed by atoms with van der Waals surface area (Å²) in [4.78, 5) is 25.7. The molecule has 3 rings (SSSR count). The molecular formula is C21H24ClN3O5S. The van der Waals surface area contributed by atoms with Gasteiger partial charge >= 0.3 is 0 Å². The standard InChI is InChI=1S/C21H24ClN3O5S/c1-13-10-15-11-17(5-6-19(15)25(13)14(2)26)31(28,29)23-9-8-21(27)24-16-4-7-20(30-3)18(22)12-16/h4-7,11-13,23H,8-10H2,1-3H3,(H,24,27)/t13-/m0/s1. The number of sulfonamides is 1. The number of nitrogens with one attached hydrogen (secondary N) is 2. The maximum absolute atomic E-state index is 12.6. The minimum Gasteiger partial charge on any atom is -0.495 e. The number of hydrogen-bond acceptors (Lipinski definition) is 5. The van der Waals surface area contributed by atoms with Crippen molar-refractivity contribution in [3.05, 3.63) is 47.0 Å². The minimum absolute atomic E-state index is 0.0198. The Morgan fingerprint density at radius 3 is 2.61 bits per heavy atom. The second kappa shape index (κ2) is 9.25. The van der Waals surface area contributed by atoms with Gasteiger partial charge in [-0.25, -0.2) is 13.1 Å². The molecule has 0 aromatic heterocycles. The molecule has 2 aromatic rings. The van der Waals surface area contributed by atoms with Crippen LogP contribution in [0.25, 0.3) is 0 Å². The largest absolute Gasteiger partial charge is 0.495 e. The number of rotatable bonds is 7. The van der Waals surface area contributed by atoms with Crippen LogP contribution in [0.2, 0.25) is 5.02 Å². The number of benzene rings is 2. The highest BCUT2D eigenvalue weighted by molar-refractivity contribution is 7.89. The monoisotopic (exact) mass is 465 g/mol. The van der Waals surface area contributed by atoms with E-state index in [1.807, 2.05) is 6.92 Å². The molecule has 2 aromatic carbocycles. The number of ether oxygens (including phenoxy) is 1. The molecule has 0 saturated carbocycles. The van der Waals surface area contributed by atoms with Gasteiger partial charge < -0.3 is 15.0 Å². The Balaban J connectivity index is 1.59. The number of fused-ring (bicyclic) bond motifs is 1. The van der Waals surface area contributed by atoms with Crippen LogP contribution in [0.3, 0.4) is 0 Å². The fourth-order valence-electron chi connectivity index (χ4n) is 3.60.